The molecule has 0 radical (unpaired) electrons. The van der Waals surface area contributed by atoms with Gasteiger partial charge in [0.25, 0.3) is 5.91 Å². The van der Waals surface area contributed by atoms with Crippen molar-refractivity contribution in [2.24, 2.45) is 0 Å². The molecule has 3 aromatic carbocycles. The second kappa shape index (κ2) is 11.6. The third-order valence-electron chi connectivity index (χ3n) is 8.27. The number of benzene rings is 3. The van der Waals surface area contributed by atoms with Crippen LogP contribution in [0.25, 0.3) is 21.3 Å². The van der Waals surface area contributed by atoms with E-state index in [1.165, 1.54) is 11.3 Å². The van der Waals surface area contributed by atoms with E-state index in [4.69, 9.17) is 5.10 Å². The zero-order valence-electron chi connectivity index (χ0n) is 24.8. The Balaban J connectivity index is 1.17. The van der Waals surface area contributed by atoms with Crippen LogP contribution < -0.4 is 10.2 Å². The van der Waals surface area contributed by atoms with Crippen LogP contribution in [0.1, 0.15) is 48.9 Å². The highest BCUT2D eigenvalue weighted by molar-refractivity contribution is 7.22. The molecule has 10 heteroatoms. The van der Waals surface area contributed by atoms with Crippen molar-refractivity contribution in [2.75, 3.05) is 16.8 Å². The zero-order chi connectivity index (χ0) is 31.1. The number of thiazole rings is 1. The normalized spacial score (nSPS) is 12.7. The Morgan fingerprint density at radius 1 is 0.933 bits per heavy atom. The maximum Gasteiger partial charge on any atom is 0.355 e. The van der Waals surface area contributed by atoms with Crippen molar-refractivity contribution in [3.05, 3.63) is 124 Å². The Labute approximate surface area is 263 Å². The molecule has 224 valence electrons. The monoisotopic (exact) mass is 614 g/mol. The van der Waals surface area contributed by atoms with Gasteiger partial charge < -0.3 is 10.0 Å². The summed E-state index contributed by atoms with van der Waals surface area (Å²) in [5.41, 5.74) is 7.44. The topological polar surface area (TPSA) is 113 Å². The number of carbonyl (C=O) groups is 2. The molecule has 0 spiro atoms. The smallest absolute Gasteiger partial charge is 0.355 e. The molecule has 9 nitrogen and oxygen atoms in total. The summed E-state index contributed by atoms with van der Waals surface area (Å²) < 4.78 is 2.91. The van der Waals surface area contributed by atoms with E-state index in [1.807, 2.05) is 108 Å². The van der Waals surface area contributed by atoms with Crippen molar-refractivity contribution < 1.29 is 14.7 Å². The van der Waals surface area contributed by atoms with Gasteiger partial charge in [-0.3, -0.25) is 14.8 Å². The lowest BCUT2D eigenvalue weighted by molar-refractivity contribution is 0.0691. The maximum absolute atomic E-state index is 13.5. The number of amides is 1. The zero-order valence-corrected chi connectivity index (χ0v) is 25.6. The van der Waals surface area contributed by atoms with Gasteiger partial charge in [0.15, 0.2) is 10.8 Å². The summed E-state index contributed by atoms with van der Waals surface area (Å²) in [5, 5.41) is 18.5. The lowest BCUT2D eigenvalue weighted by atomic mass is 9.94. The van der Waals surface area contributed by atoms with E-state index < -0.39 is 5.97 Å². The largest absolute Gasteiger partial charge is 0.476 e. The lowest BCUT2D eigenvalue weighted by Crippen LogP contribution is -2.33. The molecule has 0 atom stereocenters. The van der Waals surface area contributed by atoms with Crippen molar-refractivity contribution in [1.82, 2.24) is 19.7 Å². The second-order valence-corrected chi connectivity index (χ2v) is 12.1. The quantitative estimate of drug-likeness (QED) is 0.205. The molecule has 45 heavy (non-hydrogen) atoms. The number of carboxylic acids is 1. The second-order valence-electron chi connectivity index (χ2n) is 11.1. The number of fused-ring (bicyclic) bond motifs is 2. The SMILES string of the molecule is Cc1nn(Cc2ccccc2)c(C)c1-c1ccc(N2CCc3cccc(C(=O)Nc4nc5ccccc5s4)c3C2)nc1C(=O)O. The van der Waals surface area contributed by atoms with Gasteiger partial charge in [-0.1, -0.05) is 65.9 Å². The summed E-state index contributed by atoms with van der Waals surface area (Å²) >= 11 is 1.44. The first-order chi connectivity index (χ1) is 21.9. The highest BCUT2D eigenvalue weighted by atomic mass is 32.1. The summed E-state index contributed by atoms with van der Waals surface area (Å²) in [6.07, 6.45) is 0.702. The van der Waals surface area contributed by atoms with E-state index in [-0.39, 0.29) is 11.6 Å². The number of carboxylic acid groups (broad SMARTS) is 1. The number of carbonyl (C=O) groups excluding carboxylic acids is 1. The van der Waals surface area contributed by atoms with E-state index in [9.17, 15) is 14.7 Å². The van der Waals surface area contributed by atoms with Crippen molar-refractivity contribution in [2.45, 2.75) is 33.4 Å². The third kappa shape index (κ3) is 5.44. The molecule has 0 saturated carbocycles. The Kier molecular flexibility index (Phi) is 7.34. The Morgan fingerprint density at radius 3 is 2.53 bits per heavy atom. The number of aromatic nitrogens is 4. The number of aromatic carboxylic acids is 1. The van der Waals surface area contributed by atoms with E-state index in [0.29, 0.717) is 48.1 Å². The van der Waals surface area contributed by atoms with Crippen LogP contribution in [0.4, 0.5) is 10.9 Å². The lowest BCUT2D eigenvalue weighted by Gasteiger charge is -2.31. The molecule has 1 aliphatic heterocycles. The Bertz CT molecular complexity index is 2050. The number of rotatable bonds is 7. The molecule has 3 aromatic heterocycles. The van der Waals surface area contributed by atoms with Crippen molar-refractivity contribution in [3.8, 4) is 11.1 Å². The summed E-state index contributed by atoms with van der Waals surface area (Å²) in [6, 6.07) is 27.3. The van der Waals surface area contributed by atoms with Crippen LogP contribution in [-0.2, 0) is 19.5 Å². The van der Waals surface area contributed by atoms with E-state index in [0.717, 1.165) is 43.9 Å². The van der Waals surface area contributed by atoms with Gasteiger partial charge in [-0.15, -0.1) is 0 Å². The van der Waals surface area contributed by atoms with Crippen molar-refractivity contribution in [3.63, 3.8) is 0 Å². The molecule has 0 bridgehead atoms. The number of anilines is 2. The number of pyridine rings is 1. The average Bonchev–Trinajstić information content (AvgIpc) is 3.58. The minimum Gasteiger partial charge on any atom is -0.476 e. The molecule has 1 amide bonds. The van der Waals surface area contributed by atoms with Gasteiger partial charge in [0.2, 0.25) is 0 Å². The van der Waals surface area contributed by atoms with Gasteiger partial charge in [0.05, 0.1) is 22.5 Å². The van der Waals surface area contributed by atoms with Crippen LogP contribution in [-0.4, -0.2) is 43.3 Å². The van der Waals surface area contributed by atoms with Crippen LogP contribution in [0.2, 0.25) is 0 Å². The van der Waals surface area contributed by atoms with Crippen molar-refractivity contribution in [1.29, 1.82) is 0 Å². The van der Waals surface area contributed by atoms with Gasteiger partial charge in [-0.05, 0) is 67.3 Å². The van der Waals surface area contributed by atoms with Crippen LogP contribution >= 0.6 is 11.3 Å². The van der Waals surface area contributed by atoms with Gasteiger partial charge in [0, 0.05) is 35.5 Å². The van der Waals surface area contributed by atoms with E-state index in [2.05, 4.69) is 15.3 Å². The fraction of sp³-hybridized carbons (Fsp3) is 0.171. The highest BCUT2D eigenvalue weighted by Gasteiger charge is 2.26. The number of nitrogens with one attached hydrogen (secondary N) is 1. The number of aryl methyl sites for hydroxylation is 1. The van der Waals surface area contributed by atoms with E-state index >= 15 is 0 Å². The summed E-state index contributed by atoms with van der Waals surface area (Å²) in [6.45, 7) is 5.52. The predicted molar refractivity (Wildman–Crippen MR) is 176 cm³/mol. The Hall–Kier alpha value is -5.35. The molecule has 0 saturated heterocycles. The standard InChI is InChI=1S/C35H30N6O3S/c1-21-31(22(2)41(39-21)19-23-9-4-3-5-10-23)26-15-16-30(37-32(26)34(43)44)40-18-17-24-11-8-12-25(27(24)20-40)33(42)38-35-36-28-13-6-7-14-29(28)45-35/h3-16H,17-20H2,1-2H3,(H,43,44)(H,36,38,42). The fourth-order valence-electron chi connectivity index (χ4n) is 6.07. The number of nitrogens with zero attached hydrogens (tertiary/aromatic N) is 5. The van der Waals surface area contributed by atoms with Crippen LogP contribution in [0, 0.1) is 13.8 Å². The van der Waals surface area contributed by atoms with Gasteiger partial charge in [-0.25, -0.2) is 14.8 Å². The molecule has 0 aliphatic carbocycles. The van der Waals surface area contributed by atoms with E-state index in [1.54, 1.807) is 0 Å². The minimum atomic E-state index is -1.10. The van der Waals surface area contributed by atoms with Crippen molar-refractivity contribution >= 4 is 44.4 Å². The minimum absolute atomic E-state index is 0.0226. The predicted octanol–water partition coefficient (Wildman–Crippen LogP) is 6.73. The van der Waals surface area contributed by atoms with Gasteiger partial charge in [-0.2, -0.15) is 5.10 Å². The Morgan fingerprint density at radius 2 is 1.73 bits per heavy atom. The van der Waals surface area contributed by atoms with Crippen LogP contribution in [0.15, 0.2) is 84.9 Å². The molecule has 6 aromatic rings. The molecular formula is C35H30N6O3S. The molecule has 1 aliphatic rings. The number of para-hydroxylation sites is 1. The van der Waals surface area contributed by atoms with Crippen LogP contribution in [0.3, 0.4) is 0 Å². The average molecular weight is 615 g/mol. The molecule has 0 unspecified atom stereocenters. The number of hydrogen-bond acceptors (Lipinski definition) is 7. The first-order valence-electron chi connectivity index (χ1n) is 14.7. The third-order valence-corrected chi connectivity index (χ3v) is 9.22. The maximum atomic E-state index is 13.5. The van der Waals surface area contributed by atoms with Crippen LogP contribution in [0.5, 0.6) is 0 Å². The molecule has 0 fully saturated rings. The first-order valence-corrected chi connectivity index (χ1v) is 15.5. The van der Waals surface area contributed by atoms with Gasteiger partial charge in [0.1, 0.15) is 5.82 Å². The molecule has 2 N–H and O–H groups in total. The van der Waals surface area contributed by atoms with Gasteiger partial charge >= 0.3 is 5.97 Å². The summed E-state index contributed by atoms with van der Waals surface area (Å²) in [5.74, 6) is -0.773. The summed E-state index contributed by atoms with van der Waals surface area (Å²) in [4.78, 5) is 37.3. The molecule has 4 heterocycles. The highest BCUT2D eigenvalue weighted by Crippen LogP contribution is 2.33. The molecule has 7 rings (SSSR count). The summed E-state index contributed by atoms with van der Waals surface area (Å²) in [7, 11) is 0. The number of hydrogen-bond donors (Lipinski definition) is 2. The first kappa shape index (κ1) is 28.4. The molecular weight excluding hydrogens is 584 g/mol. The fourth-order valence-corrected chi connectivity index (χ4v) is 6.93.